The summed E-state index contributed by atoms with van der Waals surface area (Å²) in [4.78, 5) is 9.86. The van der Waals surface area contributed by atoms with Crippen molar-refractivity contribution in [3.63, 3.8) is 0 Å². The van der Waals surface area contributed by atoms with E-state index in [2.05, 4.69) is 6.58 Å². The monoisotopic (exact) mass is 148 g/mol. The van der Waals surface area contributed by atoms with Gasteiger partial charge in [0.1, 0.15) is 0 Å². The molecule has 0 amide bonds. The van der Waals surface area contributed by atoms with Crippen molar-refractivity contribution in [2.45, 2.75) is 0 Å². The number of carboxylic acid groups (broad SMARTS) is 1. The summed E-state index contributed by atoms with van der Waals surface area (Å²) in [6.07, 6.45) is 1.05. The van der Waals surface area contributed by atoms with Gasteiger partial charge in [0.05, 0.1) is 5.03 Å². The zero-order chi connectivity index (χ0) is 7.44. The molecule has 0 rings (SSSR count). The summed E-state index contributed by atoms with van der Waals surface area (Å²) in [7, 11) is 0. The fourth-order valence-electron chi connectivity index (χ4n) is 0.199. The molecule has 0 saturated carbocycles. The molecule has 0 saturated heterocycles. The maximum atomic E-state index is 9.86. The van der Waals surface area contributed by atoms with Crippen molar-refractivity contribution >= 4 is 17.6 Å². The summed E-state index contributed by atoms with van der Waals surface area (Å²) in [5.41, 5.74) is 0. The van der Waals surface area contributed by atoms with Crippen molar-refractivity contribution in [3.8, 4) is 0 Å². The molecule has 4 heteroatoms. The molecule has 50 valence electrons. The number of carbonyl (C=O) groups is 1. The van der Waals surface area contributed by atoms with Gasteiger partial charge >= 0.3 is 5.97 Å². The van der Waals surface area contributed by atoms with Crippen molar-refractivity contribution in [2.75, 3.05) is 0 Å². The number of hydrogen-bond donors (Lipinski definition) is 2. The Morgan fingerprint density at radius 1 is 1.56 bits per heavy atom. The number of aliphatic hydroxyl groups is 1. The third kappa shape index (κ3) is 2.19. The van der Waals surface area contributed by atoms with Crippen molar-refractivity contribution in [1.82, 2.24) is 0 Å². The lowest BCUT2D eigenvalue weighted by Gasteiger charge is -1.90. The molecule has 0 aliphatic heterocycles. The smallest absolute Gasteiger partial charge is 0.372 e. The van der Waals surface area contributed by atoms with E-state index in [1.54, 1.807) is 0 Å². The van der Waals surface area contributed by atoms with Gasteiger partial charge in [0.25, 0.3) is 0 Å². The topological polar surface area (TPSA) is 57.5 Å². The number of carboxylic acids is 1. The van der Waals surface area contributed by atoms with Crippen molar-refractivity contribution in [1.29, 1.82) is 0 Å². The number of halogens is 1. The largest absolute Gasteiger partial charge is 0.501 e. The number of allylic oxidation sites excluding steroid dienone is 2. The standard InChI is InChI=1S/C5H5ClO3/c1-2-3(6)4(7)5(8)9/h2,7H,1H2,(H,8,9). The average Bonchev–Trinajstić information content (AvgIpc) is 1.84. The van der Waals surface area contributed by atoms with Crippen LogP contribution in [0.25, 0.3) is 0 Å². The van der Waals surface area contributed by atoms with E-state index < -0.39 is 11.7 Å². The fourth-order valence-corrected chi connectivity index (χ4v) is 0.280. The van der Waals surface area contributed by atoms with Crippen LogP contribution in [0.5, 0.6) is 0 Å². The summed E-state index contributed by atoms with van der Waals surface area (Å²) >= 11 is 5.14. The quantitative estimate of drug-likeness (QED) is 0.352. The van der Waals surface area contributed by atoms with Gasteiger partial charge in [0.15, 0.2) is 0 Å². The van der Waals surface area contributed by atoms with Crippen LogP contribution in [0.3, 0.4) is 0 Å². The average molecular weight is 149 g/mol. The maximum Gasteiger partial charge on any atom is 0.372 e. The molecule has 9 heavy (non-hydrogen) atoms. The molecule has 0 radical (unpaired) electrons. The van der Waals surface area contributed by atoms with Gasteiger partial charge in [-0.2, -0.15) is 0 Å². The van der Waals surface area contributed by atoms with Gasteiger partial charge in [0, 0.05) is 0 Å². The third-order valence-corrected chi connectivity index (χ3v) is 0.941. The summed E-state index contributed by atoms with van der Waals surface area (Å²) in [5, 5.41) is 16.3. The summed E-state index contributed by atoms with van der Waals surface area (Å²) in [5.74, 6) is -2.34. The Kier molecular flexibility index (Phi) is 2.81. The molecule has 0 bridgehead atoms. The molecule has 2 N–H and O–H groups in total. The molecule has 0 aromatic rings. The zero-order valence-corrected chi connectivity index (χ0v) is 5.22. The molecular formula is C5H5ClO3. The van der Waals surface area contributed by atoms with Crippen LogP contribution in [-0.2, 0) is 4.79 Å². The predicted octanol–water partition coefficient (Wildman–Crippen LogP) is 1.27. The minimum atomic E-state index is -1.46. The molecule has 0 aliphatic rings. The molecule has 3 nitrogen and oxygen atoms in total. The lowest BCUT2D eigenvalue weighted by molar-refractivity contribution is -0.135. The first-order valence-electron chi connectivity index (χ1n) is 2.04. The van der Waals surface area contributed by atoms with E-state index in [0.29, 0.717) is 0 Å². The highest BCUT2D eigenvalue weighted by Gasteiger charge is 2.06. The lowest BCUT2D eigenvalue weighted by atomic mass is 10.4. The maximum absolute atomic E-state index is 9.86. The Bertz CT molecular complexity index is 171. The third-order valence-electron chi connectivity index (χ3n) is 0.608. The first-order valence-corrected chi connectivity index (χ1v) is 2.42. The first kappa shape index (κ1) is 8.04. The molecule has 0 spiro atoms. The number of aliphatic carboxylic acids is 1. The molecule has 0 fully saturated rings. The first-order chi connectivity index (χ1) is 4.09. The van der Waals surface area contributed by atoms with Gasteiger partial charge < -0.3 is 10.2 Å². The Hall–Kier alpha value is -0.960. The van der Waals surface area contributed by atoms with Crippen LogP contribution >= 0.6 is 11.6 Å². The predicted molar refractivity (Wildman–Crippen MR) is 33.3 cm³/mol. The van der Waals surface area contributed by atoms with Crippen LogP contribution < -0.4 is 0 Å². The van der Waals surface area contributed by atoms with E-state index in [1.165, 1.54) is 0 Å². The highest BCUT2D eigenvalue weighted by Crippen LogP contribution is 2.06. The number of hydrogen-bond acceptors (Lipinski definition) is 2. The fraction of sp³-hybridized carbons (Fsp3) is 0. The molecule has 0 aliphatic carbocycles. The van der Waals surface area contributed by atoms with Gasteiger partial charge in [-0.25, -0.2) is 4.79 Å². The zero-order valence-electron chi connectivity index (χ0n) is 4.47. The number of aliphatic hydroxyl groups excluding tert-OH is 1. The van der Waals surface area contributed by atoms with Gasteiger partial charge in [-0.1, -0.05) is 18.2 Å². The summed E-state index contributed by atoms with van der Waals surface area (Å²) < 4.78 is 0. The van der Waals surface area contributed by atoms with E-state index in [9.17, 15) is 4.79 Å². The van der Waals surface area contributed by atoms with E-state index in [1.807, 2.05) is 0 Å². The van der Waals surface area contributed by atoms with E-state index in [0.717, 1.165) is 6.08 Å². The summed E-state index contributed by atoms with van der Waals surface area (Å²) in [6, 6.07) is 0. The second kappa shape index (κ2) is 3.14. The molecule has 0 aromatic carbocycles. The Morgan fingerprint density at radius 3 is 2.11 bits per heavy atom. The van der Waals surface area contributed by atoms with E-state index >= 15 is 0 Å². The van der Waals surface area contributed by atoms with Crippen LogP contribution in [0.2, 0.25) is 0 Å². The summed E-state index contributed by atoms with van der Waals surface area (Å²) in [6.45, 7) is 3.15. The highest BCUT2D eigenvalue weighted by atomic mass is 35.5. The Morgan fingerprint density at radius 2 is 2.00 bits per heavy atom. The van der Waals surface area contributed by atoms with Crippen LogP contribution in [-0.4, -0.2) is 16.2 Å². The Balaban J connectivity index is 4.47. The molecule has 0 atom stereocenters. The van der Waals surface area contributed by atoms with E-state index in [4.69, 9.17) is 21.8 Å². The SMILES string of the molecule is C=CC(Cl)=C(O)C(=O)O. The molecule has 0 aromatic heterocycles. The number of rotatable bonds is 2. The van der Waals surface area contributed by atoms with Crippen LogP contribution in [0.4, 0.5) is 0 Å². The van der Waals surface area contributed by atoms with Gasteiger partial charge in [0.2, 0.25) is 5.76 Å². The van der Waals surface area contributed by atoms with Crippen LogP contribution in [0, 0.1) is 0 Å². The molecule has 0 unspecified atom stereocenters. The minimum absolute atomic E-state index is 0.262. The van der Waals surface area contributed by atoms with Gasteiger partial charge in [-0.3, -0.25) is 0 Å². The second-order valence-corrected chi connectivity index (χ2v) is 1.61. The van der Waals surface area contributed by atoms with Crippen molar-refractivity contribution in [3.05, 3.63) is 23.4 Å². The molecule has 0 heterocycles. The van der Waals surface area contributed by atoms with Crippen LogP contribution in [0.1, 0.15) is 0 Å². The Labute approximate surface area is 56.9 Å². The highest BCUT2D eigenvalue weighted by molar-refractivity contribution is 6.32. The van der Waals surface area contributed by atoms with Crippen molar-refractivity contribution in [2.24, 2.45) is 0 Å². The van der Waals surface area contributed by atoms with Gasteiger partial charge in [-0.05, 0) is 6.08 Å². The van der Waals surface area contributed by atoms with E-state index in [-0.39, 0.29) is 5.03 Å². The lowest BCUT2D eigenvalue weighted by Crippen LogP contribution is -1.99. The second-order valence-electron chi connectivity index (χ2n) is 1.21. The van der Waals surface area contributed by atoms with Crippen molar-refractivity contribution < 1.29 is 15.0 Å². The molecular weight excluding hydrogens is 144 g/mol. The minimum Gasteiger partial charge on any atom is -0.501 e. The normalized spacial score (nSPS) is 12.1. The van der Waals surface area contributed by atoms with Crippen LogP contribution in [0.15, 0.2) is 23.4 Å². The van der Waals surface area contributed by atoms with Gasteiger partial charge in [-0.15, -0.1) is 0 Å².